The molecule has 4 rings (SSSR count). The molecule has 0 aliphatic carbocycles. The average Bonchev–Trinajstić information content (AvgIpc) is 3.20. The molecule has 8 heteroatoms. The molecule has 0 spiro atoms. The fraction of sp³-hybridized carbons (Fsp3) is 0.217. The van der Waals surface area contributed by atoms with E-state index in [1.54, 1.807) is 44.7 Å². The summed E-state index contributed by atoms with van der Waals surface area (Å²) in [5, 5.41) is 5.59. The van der Waals surface area contributed by atoms with Gasteiger partial charge in [0.15, 0.2) is 17.1 Å². The molecule has 0 amide bonds. The Morgan fingerprint density at radius 1 is 0.806 bits per heavy atom. The van der Waals surface area contributed by atoms with Crippen LogP contribution >= 0.6 is 11.8 Å². The number of nitrogens with zero attached hydrogens (tertiary/aromatic N) is 3. The Bertz CT molecular complexity index is 1210. The van der Waals surface area contributed by atoms with Crippen LogP contribution in [-0.4, -0.2) is 43.0 Å². The van der Waals surface area contributed by atoms with Crippen LogP contribution in [0.1, 0.15) is 5.56 Å². The van der Waals surface area contributed by atoms with Gasteiger partial charge in [0.05, 0.1) is 28.4 Å². The van der Waals surface area contributed by atoms with E-state index in [9.17, 15) is 0 Å². The Morgan fingerprint density at radius 3 is 2.32 bits per heavy atom. The molecule has 0 atom stereocenters. The van der Waals surface area contributed by atoms with Gasteiger partial charge in [0.2, 0.25) is 5.88 Å². The summed E-state index contributed by atoms with van der Waals surface area (Å²) in [7, 11) is 6.51. The fourth-order valence-corrected chi connectivity index (χ4v) is 4.15. The van der Waals surface area contributed by atoms with Crippen molar-refractivity contribution in [2.24, 2.45) is 0 Å². The summed E-state index contributed by atoms with van der Waals surface area (Å²) < 4.78 is 23.6. The predicted molar refractivity (Wildman–Crippen MR) is 121 cm³/mol. The highest BCUT2D eigenvalue weighted by atomic mass is 32.2. The molecule has 4 aromatic rings. The number of rotatable bonds is 8. The summed E-state index contributed by atoms with van der Waals surface area (Å²) in [5.41, 5.74) is 3.34. The van der Waals surface area contributed by atoms with Crippen LogP contribution in [0.4, 0.5) is 0 Å². The first-order chi connectivity index (χ1) is 15.2. The maximum atomic E-state index is 5.67. The van der Waals surface area contributed by atoms with Crippen molar-refractivity contribution < 1.29 is 18.9 Å². The molecule has 0 unspecified atom stereocenters. The largest absolute Gasteiger partial charge is 0.496 e. The van der Waals surface area contributed by atoms with E-state index in [4.69, 9.17) is 29.0 Å². The molecule has 2 heterocycles. The highest BCUT2D eigenvalue weighted by molar-refractivity contribution is 7.98. The third-order valence-corrected chi connectivity index (χ3v) is 5.80. The summed E-state index contributed by atoms with van der Waals surface area (Å²) in [4.78, 5) is 4.72. The van der Waals surface area contributed by atoms with Gasteiger partial charge in [-0.25, -0.2) is 4.98 Å². The molecule has 7 nitrogen and oxygen atoms in total. The number of aromatic nitrogens is 3. The lowest BCUT2D eigenvalue weighted by atomic mass is 10.1. The normalized spacial score (nSPS) is 10.8. The van der Waals surface area contributed by atoms with Crippen molar-refractivity contribution in [3.8, 4) is 34.4 Å². The number of ether oxygens (including phenoxy) is 4. The van der Waals surface area contributed by atoms with Gasteiger partial charge in [-0.05, 0) is 36.4 Å². The maximum absolute atomic E-state index is 5.67. The van der Waals surface area contributed by atoms with Crippen molar-refractivity contribution >= 4 is 17.4 Å². The number of hydrogen-bond donors (Lipinski definition) is 0. The van der Waals surface area contributed by atoms with Crippen molar-refractivity contribution in [3.05, 3.63) is 60.2 Å². The highest BCUT2D eigenvalue weighted by Crippen LogP contribution is 2.36. The lowest BCUT2D eigenvalue weighted by Gasteiger charge is -2.09. The zero-order valence-electron chi connectivity index (χ0n) is 17.8. The molecule has 0 fully saturated rings. The Kier molecular flexibility index (Phi) is 6.18. The Morgan fingerprint density at radius 2 is 1.58 bits per heavy atom. The van der Waals surface area contributed by atoms with Gasteiger partial charge >= 0.3 is 0 Å². The van der Waals surface area contributed by atoms with Crippen LogP contribution in [0.3, 0.4) is 0 Å². The summed E-state index contributed by atoms with van der Waals surface area (Å²) >= 11 is 1.62. The van der Waals surface area contributed by atoms with E-state index in [1.165, 1.54) is 0 Å². The number of hydrogen-bond acceptors (Lipinski definition) is 7. The van der Waals surface area contributed by atoms with Gasteiger partial charge in [0.1, 0.15) is 16.5 Å². The SMILES string of the molecule is COc1ccccc1CSc1ccc2nc(-c3ccc(OC)c(OC)c3)c(OC)n2n1. The van der Waals surface area contributed by atoms with Gasteiger partial charge in [0, 0.05) is 16.9 Å². The number of methoxy groups -OCH3 is 4. The van der Waals surface area contributed by atoms with Gasteiger partial charge in [-0.1, -0.05) is 30.0 Å². The minimum atomic E-state index is 0.557. The second-order valence-corrected chi connectivity index (χ2v) is 7.58. The first-order valence-corrected chi connectivity index (χ1v) is 10.6. The van der Waals surface area contributed by atoms with Crippen molar-refractivity contribution in [2.75, 3.05) is 28.4 Å². The van der Waals surface area contributed by atoms with E-state index in [2.05, 4.69) is 6.07 Å². The monoisotopic (exact) mass is 437 g/mol. The van der Waals surface area contributed by atoms with Gasteiger partial charge in [-0.3, -0.25) is 0 Å². The van der Waals surface area contributed by atoms with Crippen LogP contribution in [0.25, 0.3) is 16.9 Å². The Balaban J connectivity index is 1.67. The highest BCUT2D eigenvalue weighted by Gasteiger charge is 2.18. The van der Waals surface area contributed by atoms with E-state index in [-0.39, 0.29) is 0 Å². The van der Waals surface area contributed by atoms with Crippen LogP contribution in [0.5, 0.6) is 23.1 Å². The molecule has 0 aliphatic heterocycles. The first-order valence-electron chi connectivity index (χ1n) is 9.59. The summed E-state index contributed by atoms with van der Waals surface area (Å²) in [6.45, 7) is 0. The van der Waals surface area contributed by atoms with E-state index in [0.29, 0.717) is 28.7 Å². The second kappa shape index (κ2) is 9.18. The van der Waals surface area contributed by atoms with Crippen LogP contribution < -0.4 is 18.9 Å². The van der Waals surface area contributed by atoms with E-state index in [1.807, 2.05) is 48.5 Å². The molecule has 0 N–H and O–H groups in total. The number of imidazole rings is 1. The third kappa shape index (κ3) is 4.11. The third-order valence-electron chi connectivity index (χ3n) is 4.83. The molecule has 2 aromatic carbocycles. The number of para-hydroxylation sites is 1. The zero-order chi connectivity index (χ0) is 21.8. The summed E-state index contributed by atoms with van der Waals surface area (Å²) in [5.74, 6) is 3.44. The molecule has 0 radical (unpaired) electrons. The van der Waals surface area contributed by atoms with Gasteiger partial charge < -0.3 is 18.9 Å². The minimum Gasteiger partial charge on any atom is -0.496 e. The molecular formula is C23H23N3O4S. The number of benzene rings is 2. The standard InChI is InChI=1S/C23H23N3O4S/c1-27-17-8-6-5-7-16(17)14-31-21-12-11-20-24-22(23(30-4)26(20)25-21)15-9-10-18(28-2)19(13-15)29-3/h5-13H,14H2,1-4H3. The molecule has 0 aliphatic rings. The topological polar surface area (TPSA) is 67.1 Å². The van der Waals surface area contributed by atoms with Crippen LogP contribution in [0.2, 0.25) is 0 Å². The van der Waals surface area contributed by atoms with Gasteiger partial charge in [0.25, 0.3) is 0 Å². The number of fused-ring (bicyclic) bond motifs is 1. The van der Waals surface area contributed by atoms with Crippen molar-refractivity contribution in [1.82, 2.24) is 14.6 Å². The summed E-state index contributed by atoms with van der Waals surface area (Å²) in [6.07, 6.45) is 0. The zero-order valence-corrected chi connectivity index (χ0v) is 18.6. The lowest BCUT2D eigenvalue weighted by molar-refractivity contribution is 0.355. The molecule has 160 valence electrons. The second-order valence-electron chi connectivity index (χ2n) is 6.58. The quantitative estimate of drug-likeness (QED) is 0.369. The van der Waals surface area contributed by atoms with Crippen molar-refractivity contribution in [2.45, 2.75) is 10.8 Å². The molecule has 0 saturated heterocycles. The Labute approximate surface area is 184 Å². The van der Waals surface area contributed by atoms with E-state index in [0.717, 1.165) is 27.7 Å². The van der Waals surface area contributed by atoms with Gasteiger partial charge in [-0.15, -0.1) is 0 Å². The molecular weight excluding hydrogens is 414 g/mol. The fourth-order valence-electron chi connectivity index (χ4n) is 3.30. The van der Waals surface area contributed by atoms with Crippen molar-refractivity contribution in [3.63, 3.8) is 0 Å². The van der Waals surface area contributed by atoms with Gasteiger partial charge in [-0.2, -0.15) is 9.61 Å². The predicted octanol–water partition coefficient (Wildman–Crippen LogP) is 4.72. The molecule has 0 bridgehead atoms. The van der Waals surface area contributed by atoms with Crippen LogP contribution in [0.15, 0.2) is 59.6 Å². The average molecular weight is 438 g/mol. The van der Waals surface area contributed by atoms with E-state index < -0.39 is 0 Å². The molecule has 0 saturated carbocycles. The number of thioether (sulfide) groups is 1. The molecule has 2 aromatic heterocycles. The Hall–Kier alpha value is -3.39. The first kappa shape index (κ1) is 20.9. The minimum absolute atomic E-state index is 0.557. The maximum Gasteiger partial charge on any atom is 0.243 e. The van der Waals surface area contributed by atoms with Crippen molar-refractivity contribution in [1.29, 1.82) is 0 Å². The van der Waals surface area contributed by atoms with Crippen LogP contribution in [0, 0.1) is 0 Å². The van der Waals surface area contributed by atoms with E-state index >= 15 is 0 Å². The molecule has 31 heavy (non-hydrogen) atoms. The van der Waals surface area contributed by atoms with Crippen LogP contribution in [-0.2, 0) is 5.75 Å². The summed E-state index contributed by atoms with van der Waals surface area (Å²) in [6, 6.07) is 17.5. The smallest absolute Gasteiger partial charge is 0.243 e. The lowest BCUT2D eigenvalue weighted by Crippen LogP contribution is -1.98.